The van der Waals surface area contributed by atoms with E-state index in [1.54, 1.807) is 6.08 Å². The van der Waals surface area contributed by atoms with Gasteiger partial charge in [0.1, 0.15) is 0 Å². The van der Waals surface area contributed by atoms with E-state index in [0.29, 0.717) is 23.7 Å². The summed E-state index contributed by atoms with van der Waals surface area (Å²) in [5.41, 5.74) is 2.83. The van der Waals surface area contributed by atoms with Gasteiger partial charge in [0, 0.05) is 9.65 Å². The van der Waals surface area contributed by atoms with Crippen molar-refractivity contribution in [2.45, 2.75) is 59.0 Å². The minimum Gasteiger partial charge on any atom is -0.393 e. The zero-order chi connectivity index (χ0) is 18.9. The van der Waals surface area contributed by atoms with Gasteiger partial charge in [-0.25, -0.2) is 0 Å². The second kappa shape index (κ2) is 8.02. The normalized spacial score (nSPS) is 37.7. The van der Waals surface area contributed by atoms with Gasteiger partial charge in [-0.2, -0.15) is 5.26 Å². The van der Waals surface area contributed by atoms with E-state index in [1.165, 1.54) is 14.7 Å². The first-order valence-electron chi connectivity index (χ1n) is 9.84. The molecular formula is C23H30INO. The first-order valence-corrected chi connectivity index (χ1v) is 10.9. The standard InChI is InChI=1S/C23H30INO/c1-15(10-11-25)18-6-9-21-20(13-17-4-7-19(24)8-5-17)22(26)12-16(2)23(21,3)14-18/h4-5,7-8,10,16,18,20-22,26H,6,9,12-14H2,1-3H3/b15-10-/t16-,18-,20+,21-,22+,23+/m1/s1. The van der Waals surface area contributed by atoms with Crippen LogP contribution in [0.4, 0.5) is 0 Å². The topological polar surface area (TPSA) is 44.0 Å². The number of aliphatic hydroxyl groups is 1. The van der Waals surface area contributed by atoms with Crippen LogP contribution in [0.5, 0.6) is 0 Å². The lowest BCUT2D eigenvalue weighted by Crippen LogP contribution is -2.52. The van der Waals surface area contributed by atoms with E-state index in [4.69, 9.17) is 5.26 Å². The van der Waals surface area contributed by atoms with Gasteiger partial charge in [-0.1, -0.05) is 31.6 Å². The second-order valence-electron chi connectivity index (χ2n) is 8.81. The Kier molecular flexibility index (Phi) is 6.14. The van der Waals surface area contributed by atoms with Crippen molar-refractivity contribution in [3.8, 4) is 6.07 Å². The SMILES string of the molecule is C/C(=C/C#N)[C@@H]1CC[C@@H]2[C@H](Cc3ccc(I)cc3)[C@@H](O)C[C@@H](C)[C@]2(C)C1. The molecule has 0 aliphatic heterocycles. The number of halogens is 1. The summed E-state index contributed by atoms with van der Waals surface area (Å²) in [5.74, 6) is 1.95. The predicted molar refractivity (Wildman–Crippen MR) is 114 cm³/mol. The Labute approximate surface area is 171 Å². The van der Waals surface area contributed by atoms with Crippen LogP contribution in [-0.2, 0) is 6.42 Å². The van der Waals surface area contributed by atoms with E-state index in [0.717, 1.165) is 32.1 Å². The van der Waals surface area contributed by atoms with Crippen LogP contribution in [0.2, 0.25) is 0 Å². The lowest BCUT2D eigenvalue weighted by molar-refractivity contribution is -0.105. The number of rotatable bonds is 3. The number of allylic oxidation sites excluding steroid dienone is 2. The molecule has 1 aromatic carbocycles. The monoisotopic (exact) mass is 463 g/mol. The molecule has 2 aliphatic rings. The van der Waals surface area contributed by atoms with E-state index in [9.17, 15) is 5.11 Å². The number of benzene rings is 1. The molecule has 2 saturated carbocycles. The van der Waals surface area contributed by atoms with Crippen LogP contribution in [0.25, 0.3) is 0 Å². The number of hydrogen-bond acceptors (Lipinski definition) is 2. The highest BCUT2D eigenvalue weighted by Crippen LogP contribution is 2.58. The lowest BCUT2D eigenvalue weighted by atomic mass is 9.49. The van der Waals surface area contributed by atoms with Gasteiger partial charge >= 0.3 is 0 Å². The highest BCUT2D eigenvalue weighted by molar-refractivity contribution is 14.1. The summed E-state index contributed by atoms with van der Waals surface area (Å²) in [5, 5.41) is 19.9. The number of nitriles is 1. The Morgan fingerprint density at radius 2 is 2.04 bits per heavy atom. The van der Waals surface area contributed by atoms with Gasteiger partial charge < -0.3 is 5.11 Å². The maximum Gasteiger partial charge on any atom is 0.0911 e. The molecule has 0 unspecified atom stereocenters. The molecule has 2 fully saturated rings. The summed E-state index contributed by atoms with van der Waals surface area (Å²) in [7, 11) is 0. The Bertz CT molecular complexity index is 704. The molecule has 2 aliphatic carbocycles. The zero-order valence-corrected chi connectivity index (χ0v) is 18.2. The first kappa shape index (κ1) is 19.9. The maximum atomic E-state index is 10.9. The molecule has 0 bridgehead atoms. The average Bonchev–Trinajstić information content (AvgIpc) is 2.60. The summed E-state index contributed by atoms with van der Waals surface area (Å²) < 4.78 is 1.26. The Hall–Kier alpha value is -0.860. The summed E-state index contributed by atoms with van der Waals surface area (Å²) >= 11 is 2.34. The van der Waals surface area contributed by atoms with Crippen molar-refractivity contribution < 1.29 is 5.11 Å². The van der Waals surface area contributed by atoms with Gasteiger partial charge in [-0.15, -0.1) is 0 Å². The summed E-state index contributed by atoms with van der Waals surface area (Å²) in [6, 6.07) is 11.0. The van der Waals surface area contributed by atoms with Gasteiger partial charge in [0.25, 0.3) is 0 Å². The van der Waals surface area contributed by atoms with Crippen LogP contribution < -0.4 is 0 Å². The molecule has 0 spiro atoms. The van der Waals surface area contributed by atoms with Gasteiger partial charge in [0.2, 0.25) is 0 Å². The Morgan fingerprint density at radius 3 is 2.69 bits per heavy atom. The van der Waals surface area contributed by atoms with E-state index in [2.05, 4.69) is 73.7 Å². The molecule has 26 heavy (non-hydrogen) atoms. The lowest BCUT2D eigenvalue weighted by Gasteiger charge is -2.56. The highest BCUT2D eigenvalue weighted by Gasteiger charge is 2.52. The first-order chi connectivity index (χ1) is 12.3. The molecule has 1 aromatic rings. The summed E-state index contributed by atoms with van der Waals surface area (Å²) in [6.07, 6.45) is 6.87. The third-order valence-corrected chi connectivity index (χ3v) is 8.13. The van der Waals surface area contributed by atoms with Crippen LogP contribution >= 0.6 is 22.6 Å². The molecule has 0 radical (unpaired) electrons. The molecule has 1 N–H and O–H groups in total. The molecule has 0 amide bonds. The van der Waals surface area contributed by atoms with E-state index < -0.39 is 0 Å². The van der Waals surface area contributed by atoms with Crippen molar-refractivity contribution in [2.75, 3.05) is 0 Å². The smallest absolute Gasteiger partial charge is 0.0911 e. The van der Waals surface area contributed by atoms with Crippen molar-refractivity contribution in [3.63, 3.8) is 0 Å². The van der Waals surface area contributed by atoms with Crippen LogP contribution in [0, 0.1) is 44.0 Å². The fourth-order valence-corrected chi connectivity index (χ4v) is 5.98. The molecule has 0 saturated heterocycles. The third kappa shape index (κ3) is 3.87. The zero-order valence-electron chi connectivity index (χ0n) is 16.1. The number of hydrogen-bond donors (Lipinski definition) is 1. The Morgan fingerprint density at radius 1 is 1.35 bits per heavy atom. The van der Waals surface area contributed by atoms with Crippen molar-refractivity contribution in [1.82, 2.24) is 0 Å². The highest BCUT2D eigenvalue weighted by atomic mass is 127. The quantitative estimate of drug-likeness (QED) is 0.459. The summed E-state index contributed by atoms with van der Waals surface area (Å²) in [6.45, 7) is 6.88. The maximum absolute atomic E-state index is 10.9. The minimum atomic E-state index is -0.199. The fraction of sp³-hybridized carbons (Fsp3) is 0.609. The van der Waals surface area contributed by atoms with Crippen LogP contribution in [0.1, 0.15) is 52.0 Å². The van der Waals surface area contributed by atoms with Crippen LogP contribution in [0.3, 0.4) is 0 Å². The molecule has 3 rings (SSSR count). The molecular weight excluding hydrogens is 433 g/mol. The van der Waals surface area contributed by atoms with Crippen molar-refractivity contribution in [2.24, 2.45) is 29.1 Å². The second-order valence-corrected chi connectivity index (χ2v) is 10.1. The predicted octanol–water partition coefficient (Wildman–Crippen LogP) is 5.74. The molecule has 3 heteroatoms. The van der Waals surface area contributed by atoms with Gasteiger partial charge in [0.15, 0.2) is 0 Å². The van der Waals surface area contributed by atoms with E-state index in [1.807, 2.05) is 0 Å². The van der Waals surface area contributed by atoms with Crippen LogP contribution in [-0.4, -0.2) is 11.2 Å². The number of nitrogens with zero attached hydrogens (tertiary/aromatic N) is 1. The molecule has 6 atom stereocenters. The largest absolute Gasteiger partial charge is 0.393 e. The van der Waals surface area contributed by atoms with Crippen molar-refractivity contribution >= 4 is 22.6 Å². The summed E-state index contributed by atoms with van der Waals surface area (Å²) in [4.78, 5) is 0. The fourth-order valence-electron chi connectivity index (χ4n) is 5.62. The molecule has 140 valence electrons. The van der Waals surface area contributed by atoms with Gasteiger partial charge in [-0.3, -0.25) is 0 Å². The van der Waals surface area contributed by atoms with Crippen LogP contribution in [0.15, 0.2) is 35.9 Å². The molecule has 0 heterocycles. The minimum absolute atomic E-state index is 0.199. The van der Waals surface area contributed by atoms with Crippen molar-refractivity contribution in [1.29, 1.82) is 5.26 Å². The van der Waals surface area contributed by atoms with E-state index in [-0.39, 0.29) is 11.5 Å². The number of aliphatic hydroxyl groups excluding tert-OH is 1. The van der Waals surface area contributed by atoms with Gasteiger partial charge in [-0.05, 0) is 108 Å². The van der Waals surface area contributed by atoms with Crippen molar-refractivity contribution in [3.05, 3.63) is 45.0 Å². The Balaban J connectivity index is 1.84. The number of fused-ring (bicyclic) bond motifs is 1. The molecule has 0 aromatic heterocycles. The third-order valence-electron chi connectivity index (χ3n) is 7.41. The van der Waals surface area contributed by atoms with E-state index >= 15 is 0 Å². The average molecular weight is 463 g/mol. The molecule has 2 nitrogen and oxygen atoms in total. The van der Waals surface area contributed by atoms with Gasteiger partial charge in [0.05, 0.1) is 12.2 Å².